The quantitative estimate of drug-likeness (QED) is 0.799. The third-order valence-electron chi connectivity index (χ3n) is 3.20. The largest absolute Gasteiger partial charge is 0.330 e. The average molecular weight is 194 g/mol. The van der Waals surface area contributed by atoms with Gasteiger partial charge in [-0.15, -0.1) is 0 Å². The van der Waals surface area contributed by atoms with Gasteiger partial charge in [-0.1, -0.05) is 6.42 Å². The Labute approximate surface area is 83.3 Å². The summed E-state index contributed by atoms with van der Waals surface area (Å²) in [6, 6.07) is 2.94. The molecule has 0 radical (unpaired) electrons. The van der Waals surface area contributed by atoms with E-state index in [1.165, 1.54) is 12.5 Å². The van der Waals surface area contributed by atoms with Crippen molar-refractivity contribution in [3.8, 4) is 0 Å². The molecule has 14 heavy (non-hydrogen) atoms. The van der Waals surface area contributed by atoms with E-state index < -0.39 is 0 Å². The number of halogens is 1. The number of rotatable bonds is 3. The Morgan fingerprint density at radius 3 is 2.79 bits per heavy atom. The first-order chi connectivity index (χ1) is 6.77. The lowest BCUT2D eigenvalue weighted by atomic mass is 9.64. The molecule has 2 nitrogen and oxygen atoms in total. The number of hydrogen-bond acceptors (Lipinski definition) is 2. The molecule has 0 aliphatic heterocycles. The Balaban J connectivity index is 2.27. The molecular formula is C11H15FN2. The fourth-order valence-corrected chi connectivity index (χ4v) is 2.21. The van der Waals surface area contributed by atoms with Crippen LogP contribution in [0.4, 0.5) is 4.39 Å². The molecule has 0 aromatic carbocycles. The highest BCUT2D eigenvalue weighted by Gasteiger charge is 2.39. The van der Waals surface area contributed by atoms with Crippen molar-refractivity contribution in [1.82, 2.24) is 4.98 Å². The molecule has 0 amide bonds. The van der Waals surface area contributed by atoms with E-state index >= 15 is 0 Å². The van der Waals surface area contributed by atoms with E-state index in [0.29, 0.717) is 6.54 Å². The van der Waals surface area contributed by atoms with Crippen LogP contribution in [0, 0.1) is 5.82 Å². The molecule has 0 spiro atoms. The van der Waals surface area contributed by atoms with Crippen molar-refractivity contribution in [2.45, 2.75) is 31.1 Å². The molecule has 1 saturated carbocycles. The number of aromatic nitrogens is 1. The molecule has 1 heterocycles. The van der Waals surface area contributed by atoms with Crippen molar-refractivity contribution in [3.63, 3.8) is 0 Å². The number of nitrogens with zero attached hydrogens (tertiary/aromatic N) is 1. The molecule has 3 heteroatoms. The van der Waals surface area contributed by atoms with Crippen molar-refractivity contribution in [2.75, 3.05) is 6.54 Å². The van der Waals surface area contributed by atoms with E-state index in [0.717, 1.165) is 25.0 Å². The Morgan fingerprint density at radius 2 is 2.29 bits per heavy atom. The third-order valence-corrected chi connectivity index (χ3v) is 3.20. The summed E-state index contributed by atoms with van der Waals surface area (Å²) in [5.74, 6) is -0.196. The van der Waals surface area contributed by atoms with Crippen molar-refractivity contribution >= 4 is 0 Å². The van der Waals surface area contributed by atoms with Crippen molar-refractivity contribution in [2.24, 2.45) is 5.73 Å². The van der Waals surface area contributed by atoms with Gasteiger partial charge in [-0.2, -0.15) is 0 Å². The van der Waals surface area contributed by atoms with Crippen molar-refractivity contribution in [1.29, 1.82) is 0 Å². The van der Waals surface area contributed by atoms with Crippen LogP contribution in [-0.2, 0) is 5.41 Å². The molecule has 1 fully saturated rings. The summed E-state index contributed by atoms with van der Waals surface area (Å²) in [6.45, 7) is 0.651. The lowest BCUT2D eigenvalue weighted by Gasteiger charge is -2.41. The van der Waals surface area contributed by atoms with Gasteiger partial charge in [0.25, 0.3) is 0 Å². The lowest BCUT2D eigenvalue weighted by Crippen LogP contribution is -2.37. The van der Waals surface area contributed by atoms with Crippen molar-refractivity contribution in [3.05, 3.63) is 29.8 Å². The smallest absolute Gasteiger partial charge is 0.126 e. The zero-order valence-corrected chi connectivity index (χ0v) is 8.17. The van der Waals surface area contributed by atoms with Gasteiger partial charge >= 0.3 is 0 Å². The third kappa shape index (κ3) is 1.52. The second-order valence-electron chi connectivity index (χ2n) is 4.03. The van der Waals surface area contributed by atoms with Gasteiger partial charge < -0.3 is 5.73 Å². The van der Waals surface area contributed by atoms with E-state index in [1.807, 2.05) is 0 Å². The number of pyridine rings is 1. The van der Waals surface area contributed by atoms with Gasteiger partial charge in [-0.05, 0) is 37.9 Å². The maximum atomic E-state index is 13.0. The van der Waals surface area contributed by atoms with Gasteiger partial charge in [-0.25, -0.2) is 4.39 Å². The summed E-state index contributed by atoms with van der Waals surface area (Å²) in [5, 5.41) is 0. The zero-order valence-electron chi connectivity index (χ0n) is 8.17. The zero-order chi connectivity index (χ0) is 10.0. The summed E-state index contributed by atoms with van der Waals surface area (Å²) in [7, 11) is 0. The summed E-state index contributed by atoms with van der Waals surface area (Å²) in [5.41, 5.74) is 6.54. The van der Waals surface area contributed by atoms with Crippen LogP contribution in [0.25, 0.3) is 0 Å². The molecule has 1 aliphatic carbocycles. The second-order valence-corrected chi connectivity index (χ2v) is 4.03. The number of nitrogens with two attached hydrogens (primary N) is 1. The predicted molar refractivity (Wildman–Crippen MR) is 53.4 cm³/mol. The highest BCUT2D eigenvalue weighted by atomic mass is 19.1. The van der Waals surface area contributed by atoms with Crippen LogP contribution in [0.1, 0.15) is 31.4 Å². The van der Waals surface area contributed by atoms with Crippen LogP contribution in [0.5, 0.6) is 0 Å². The van der Waals surface area contributed by atoms with Gasteiger partial charge in [-0.3, -0.25) is 4.98 Å². The minimum Gasteiger partial charge on any atom is -0.330 e. The van der Waals surface area contributed by atoms with Crippen LogP contribution in [0.3, 0.4) is 0 Å². The Hall–Kier alpha value is -0.960. The topological polar surface area (TPSA) is 38.9 Å². The monoisotopic (exact) mass is 194 g/mol. The molecule has 76 valence electrons. The molecule has 1 aromatic heterocycles. The van der Waals surface area contributed by atoms with Crippen LogP contribution >= 0.6 is 0 Å². The molecule has 2 rings (SSSR count). The highest BCUT2D eigenvalue weighted by Crippen LogP contribution is 2.45. The second kappa shape index (κ2) is 3.65. The van der Waals surface area contributed by atoms with E-state index in [-0.39, 0.29) is 11.2 Å². The summed E-state index contributed by atoms with van der Waals surface area (Å²) >= 11 is 0. The van der Waals surface area contributed by atoms with Crippen molar-refractivity contribution < 1.29 is 4.39 Å². The molecule has 0 atom stereocenters. The molecule has 2 N–H and O–H groups in total. The maximum absolute atomic E-state index is 13.0. The van der Waals surface area contributed by atoms with Crippen LogP contribution < -0.4 is 5.73 Å². The number of hydrogen-bond donors (Lipinski definition) is 1. The van der Waals surface area contributed by atoms with Gasteiger partial charge in [0.2, 0.25) is 0 Å². The fraction of sp³-hybridized carbons (Fsp3) is 0.545. The first-order valence-electron chi connectivity index (χ1n) is 5.09. The molecule has 0 saturated heterocycles. The van der Waals surface area contributed by atoms with E-state index in [9.17, 15) is 4.39 Å². The van der Waals surface area contributed by atoms with Gasteiger partial charge in [0.05, 0.1) is 0 Å². The fourth-order valence-electron chi connectivity index (χ4n) is 2.21. The van der Waals surface area contributed by atoms with E-state index in [2.05, 4.69) is 4.98 Å². The predicted octanol–water partition coefficient (Wildman–Crippen LogP) is 1.99. The first kappa shape index (κ1) is 9.59. The van der Waals surface area contributed by atoms with Crippen LogP contribution in [-0.4, -0.2) is 11.5 Å². The Bertz CT molecular complexity index is 321. The SMILES string of the molecule is NCCC1(c2cc(F)ccn2)CCC1. The highest BCUT2D eigenvalue weighted by molar-refractivity contribution is 5.21. The maximum Gasteiger partial charge on any atom is 0.126 e. The molecule has 0 unspecified atom stereocenters. The molecule has 1 aromatic rings. The van der Waals surface area contributed by atoms with E-state index in [4.69, 9.17) is 5.73 Å². The molecule has 1 aliphatic rings. The van der Waals surface area contributed by atoms with Crippen LogP contribution in [0.2, 0.25) is 0 Å². The molecule has 0 bridgehead atoms. The lowest BCUT2D eigenvalue weighted by molar-refractivity contribution is 0.222. The van der Waals surface area contributed by atoms with Gasteiger partial charge in [0, 0.05) is 17.3 Å². The first-order valence-corrected chi connectivity index (χ1v) is 5.09. The molecular weight excluding hydrogens is 179 g/mol. The summed E-state index contributed by atoms with van der Waals surface area (Å²) < 4.78 is 13.0. The minimum absolute atomic E-state index is 0.0802. The van der Waals surface area contributed by atoms with Gasteiger partial charge in [0.15, 0.2) is 0 Å². The summed E-state index contributed by atoms with van der Waals surface area (Å²) in [4.78, 5) is 4.26. The average Bonchev–Trinajstić information content (AvgIpc) is 2.11. The van der Waals surface area contributed by atoms with Gasteiger partial charge in [0.1, 0.15) is 5.82 Å². The normalized spacial score (nSPS) is 19.0. The Morgan fingerprint density at radius 1 is 1.50 bits per heavy atom. The van der Waals surface area contributed by atoms with E-state index in [1.54, 1.807) is 12.3 Å². The Kier molecular flexibility index (Phi) is 2.50. The minimum atomic E-state index is -0.196. The van der Waals surface area contributed by atoms with Crippen LogP contribution in [0.15, 0.2) is 18.3 Å². The summed E-state index contributed by atoms with van der Waals surface area (Å²) in [6.07, 6.45) is 5.87. The standard InChI is InChI=1S/C11H15FN2/c12-9-2-7-14-10(8-9)11(5-6-13)3-1-4-11/h2,7-8H,1,3-6,13H2.